The summed E-state index contributed by atoms with van der Waals surface area (Å²) >= 11 is 6.08. The fraction of sp³-hybridized carbons (Fsp3) is 0.375. The van der Waals surface area contributed by atoms with Crippen molar-refractivity contribution < 1.29 is 5.11 Å². The molecule has 1 aromatic heterocycles. The first-order valence-electron chi connectivity index (χ1n) is 7.21. The van der Waals surface area contributed by atoms with E-state index in [1.807, 2.05) is 30.3 Å². The highest BCUT2D eigenvalue weighted by molar-refractivity contribution is 6.29. The molecule has 1 saturated carbocycles. The lowest BCUT2D eigenvalue weighted by atomic mass is 10.0. The molecule has 0 unspecified atom stereocenters. The predicted molar refractivity (Wildman–Crippen MR) is 84.4 cm³/mol. The van der Waals surface area contributed by atoms with Crippen molar-refractivity contribution in [2.75, 3.05) is 11.9 Å². The first-order chi connectivity index (χ1) is 10.1. The minimum Gasteiger partial charge on any atom is -0.388 e. The van der Waals surface area contributed by atoms with Crippen LogP contribution in [0.1, 0.15) is 25.7 Å². The molecule has 1 aromatic carbocycles. The van der Waals surface area contributed by atoms with Gasteiger partial charge in [0.15, 0.2) is 5.82 Å². The predicted octanol–water partition coefficient (Wildman–Crippen LogP) is 3.51. The number of nitrogens with zero attached hydrogens (tertiary/aromatic N) is 2. The molecule has 1 heterocycles. The molecule has 4 nitrogen and oxygen atoms in total. The van der Waals surface area contributed by atoms with E-state index in [0.717, 1.165) is 31.2 Å². The Labute approximate surface area is 129 Å². The zero-order valence-electron chi connectivity index (χ0n) is 11.7. The van der Waals surface area contributed by atoms with Crippen LogP contribution in [0.5, 0.6) is 0 Å². The van der Waals surface area contributed by atoms with Gasteiger partial charge in [-0.3, -0.25) is 0 Å². The van der Waals surface area contributed by atoms with Crippen LogP contribution in [0.15, 0.2) is 36.4 Å². The summed E-state index contributed by atoms with van der Waals surface area (Å²) in [6, 6.07) is 11.4. The van der Waals surface area contributed by atoms with E-state index in [2.05, 4.69) is 15.3 Å². The average molecular weight is 304 g/mol. The molecule has 3 rings (SSSR count). The van der Waals surface area contributed by atoms with Gasteiger partial charge >= 0.3 is 0 Å². The van der Waals surface area contributed by atoms with Crippen LogP contribution in [-0.4, -0.2) is 27.2 Å². The Morgan fingerprint density at radius 2 is 1.86 bits per heavy atom. The smallest absolute Gasteiger partial charge is 0.163 e. The Bertz CT molecular complexity index is 612. The number of anilines is 1. The summed E-state index contributed by atoms with van der Waals surface area (Å²) in [7, 11) is 0. The highest BCUT2D eigenvalue weighted by Crippen LogP contribution is 2.29. The summed E-state index contributed by atoms with van der Waals surface area (Å²) in [6.07, 6.45) is 3.84. The SMILES string of the molecule is OC1(CNc2cc(Cl)nc(-c3ccccc3)n2)CCCC1. The maximum absolute atomic E-state index is 10.4. The molecule has 110 valence electrons. The Kier molecular flexibility index (Phi) is 4.08. The minimum absolute atomic E-state index is 0.393. The van der Waals surface area contributed by atoms with E-state index < -0.39 is 5.60 Å². The van der Waals surface area contributed by atoms with Gasteiger partial charge in [0, 0.05) is 18.2 Å². The number of hydrogen-bond donors (Lipinski definition) is 2. The molecule has 0 atom stereocenters. The summed E-state index contributed by atoms with van der Waals surface area (Å²) in [5, 5.41) is 14.0. The second-order valence-corrected chi connectivity index (χ2v) is 5.94. The van der Waals surface area contributed by atoms with Crippen molar-refractivity contribution in [3.8, 4) is 11.4 Å². The van der Waals surface area contributed by atoms with Gasteiger partial charge < -0.3 is 10.4 Å². The van der Waals surface area contributed by atoms with Crippen molar-refractivity contribution in [2.45, 2.75) is 31.3 Å². The number of rotatable bonds is 4. The van der Waals surface area contributed by atoms with Gasteiger partial charge in [-0.05, 0) is 12.8 Å². The van der Waals surface area contributed by atoms with Gasteiger partial charge in [0.25, 0.3) is 0 Å². The topological polar surface area (TPSA) is 58.0 Å². The molecule has 0 saturated heterocycles. The van der Waals surface area contributed by atoms with Gasteiger partial charge in [-0.15, -0.1) is 0 Å². The van der Waals surface area contributed by atoms with E-state index in [1.54, 1.807) is 6.07 Å². The van der Waals surface area contributed by atoms with Crippen molar-refractivity contribution in [1.29, 1.82) is 0 Å². The molecule has 0 radical (unpaired) electrons. The van der Waals surface area contributed by atoms with E-state index in [9.17, 15) is 5.11 Å². The lowest BCUT2D eigenvalue weighted by Gasteiger charge is -2.22. The molecular formula is C16H18ClN3O. The van der Waals surface area contributed by atoms with Crippen LogP contribution in [0.3, 0.4) is 0 Å². The third-order valence-electron chi connectivity index (χ3n) is 3.86. The molecule has 2 N–H and O–H groups in total. The van der Waals surface area contributed by atoms with Gasteiger partial charge in [0.2, 0.25) is 0 Å². The van der Waals surface area contributed by atoms with E-state index >= 15 is 0 Å². The van der Waals surface area contributed by atoms with Crippen molar-refractivity contribution in [3.05, 3.63) is 41.6 Å². The lowest BCUT2D eigenvalue weighted by Crippen LogP contribution is -2.33. The van der Waals surface area contributed by atoms with Gasteiger partial charge in [0.05, 0.1) is 5.60 Å². The molecule has 0 aliphatic heterocycles. The highest BCUT2D eigenvalue weighted by atomic mass is 35.5. The molecule has 1 fully saturated rings. The second-order valence-electron chi connectivity index (χ2n) is 5.55. The second kappa shape index (κ2) is 6.00. The first-order valence-corrected chi connectivity index (χ1v) is 7.59. The van der Waals surface area contributed by atoms with Crippen molar-refractivity contribution in [3.63, 3.8) is 0 Å². The Hall–Kier alpha value is -1.65. The van der Waals surface area contributed by atoms with Crippen LogP contribution in [0.4, 0.5) is 5.82 Å². The molecule has 0 spiro atoms. The Morgan fingerprint density at radius 3 is 2.57 bits per heavy atom. The van der Waals surface area contributed by atoms with E-state index in [1.165, 1.54) is 0 Å². The standard InChI is InChI=1S/C16H18ClN3O/c17-13-10-14(18-11-16(21)8-4-5-9-16)20-15(19-13)12-6-2-1-3-7-12/h1-3,6-7,10,21H,4-5,8-9,11H2,(H,18,19,20). The number of aromatic nitrogens is 2. The molecule has 21 heavy (non-hydrogen) atoms. The molecule has 0 bridgehead atoms. The van der Waals surface area contributed by atoms with Crippen LogP contribution in [0, 0.1) is 0 Å². The zero-order valence-corrected chi connectivity index (χ0v) is 12.5. The highest BCUT2D eigenvalue weighted by Gasteiger charge is 2.30. The summed E-state index contributed by atoms with van der Waals surface area (Å²) in [5.74, 6) is 1.23. The summed E-state index contributed by atoms with van der Waals surface area (Å²) < 4.78 is 0. The molecular weight excluding hydrogens is 286 g/mol. The Morgan fingerprint density at radius 1 is 1.14 bits per heavy atom. The lowest BCUT2D eigenvalue weighted by molar-refractivity contribution is 0.0614. The van der Waals surface area contributed by atoms with Crippen LogP contribution in [0.25, 0.3) is 11.4 Å². The average Bonchev–Trinajstić information content (AvgIpc) is 2.93. The fourth-order valence-corrected chi connectivity index (χ4v) is 2.87. The fourth-order valence-electron chi connectivity index (χ4n) is 2.69. The third kappa shape index (κ3) is 3.52. The van der Waals surface area contributed by atoms with Gasteiger partial charge in [-0.1, -0.05) is 54.8 Å². The molecule has 2 aromatic rings. The molecule has 1 aliphatic rings. The third-order valence-corrected chi connectivity index (χ3v) is 4.05. The summed E-state index contributed by atoms with van der Waals surface area (Å²) in [4.78, 5) is 8.73. The van der Waals surface area contributed by atoms with Gasteiger partial charge in [-0.2, -0.15) is 0 Å². The van der Waals surface area contributed by atoms with Gasteiger partial charge in [-0.25, -0.2) is 9.97 Å². The van der Waals surface area contributed by atoms with Crippen LogP contribution in [-0.2, 0) is 0 Å². The number of halogens is 1. The number of aliphatic hydroxyl groups is 1. The number of nitrogens with one attached hydrogen (secondary N) is 1. The number of hydrogen-bond acceptors (Lipinski definition) is 4. The van der Waals surface area contributed by atoms with Crippen molar-refractivity contribution >= 4 is 17.4 Å². The maximum Gasteiger partial charge on any atom is 0.163 e. The van der Waals surface area contributed by atoms with E-state index in [4.69, 9.17) is 11.6 Å². The molecule has 1 aliphatic carbocycles. The van der Waals surface area contributed by atoms with Crippen LogP contribution in [0.2, 0.25) is 5.15 Å². The summed E-state index contributed by atoms with van der Waals surface area (Å²) in [5.41, 5.74) is 0.298. The number of benzene rings is 1. The molecule has 0 amide bonds. The van der Waals surface area contributed by atoms with Crippen molar-refractivity contribution in [1.82, 2.24) is 9.97 Å². The van der Waals surface area contributed by atoms with Crippen molar-refractivity contribution in [2.24, 2.45) is 0 Å². The van der Waals surface area contributed by atoms with E-state index in [0.29, 0.717) is 23.3 Å². The zero-order chi connectivity index (χ0) is 14.7. The van der Waals surface area contributed by atoms with Crippen LogP contribution < -0.4 is 5.32 Å². The first kappa shape index (κ1) is 14.3. The normalized spacial score (nSPS) is 16.9. The Balaban J connectivity index is 1.78. The monoisotopic (exact) mass is 303 g/mol. The van der Waals surface area contributed by atoms with E-state index in [-0.39, 0.29) is 0 Å². The molecule has 5 heteroatoms. The van der Waals surface area contributed by atoms with Gasteiger partial charge in [0.1, 0.15) is 11.0 Å². The van der Waals surface area contributed by atoms with Crippen LogP contribution >= 0.6 is 11.6 Å². The minimum atomic E-state index is -0.621. The largest absolute Gasteiger partial charge is 0.388 e. The summed E-state index contributed by atoms with van der Waals surface area (Å²) in [6.45, 7) is 0.495. The quantitative estimate of drug-likeness (QED) is 0.849. The maximum atomic E-state index is 10.4.